The summed E-state index contributed by atoms with van der Waals surface area (Å²) in [6.07, 6.45) is 3.80. The third-order valence-electron chi connectivity index (χ3n) is 7.05. The van der Waals surface area contributed by atoms with Crippen molar-refractivity contribution in [3.05, 3.63) is 59.4 Å². The van der Waals surface area contributed by atoms with E-state index >= 15 is 0 Å². The fraction of sp³-hybridized carbons (Fsp3) is 0.440. The predicted octanol–water partition coefficient (Wildman–Crippen LogP) is 5.23. The summed E-state index contributed by atoms with van der Waals surface area (Å²) in [6, 6.07) is 13.8. The van der Waals surface area contributed by atoms with E-state index in [1.165, 1.54) is 0 Å². The molecule has 2 aromatic carbocycles. The Morgan fingerprint density at radius 2 is 2.03 bits per heavy atom. The molecule has 1 fully saturated rings. The van der Waals surface area contributed by atoms with Gasteiger partial charge in [-0.2, -0.15) is 0 Å². The van der Waals surface area contributed by atoms with E-state index in [1.807, 2.05) is 30.3 Å². The van der Waals surface area contributed by atoms with Gasteiger partial charge in [0.15, 0.2) is 5.69 Å². The van der Waals surface area contributed by atoms with Crippen molar-refractivity contribution in [3.8, 4) is 16.9 Å². The molecule has 2 spiro atoms. The minimum atomic E-state index is -0.883. The third-order valence-corrected chi connectivity index (χ3v) is 7.05. The number of rotatable bonds is 2. The first kappa shape index (κ1) is 19.9. The van der Waals surface area contributed by atoms with Crippen LogP contribution in [0.3, 0.4) is 0 Å². The number of guanidine groups is 1. The number of fused-ring (bicyclic) bond motifs is 2. The lowest BCUT2D eigenvalue weighted by atomic mass is 9.81. The smallest absolute Gasteiger partial charge is 0.222 e. The summed E-state index contributed by atoms with van der Waals surface area (Å²) in [5, 5.41) is 1.56. The molecule has 3 aliphatic rings. The van der Waals surface area contributed by atoms with Crippen LogP contribution >= 0.6 is 0 Å². The van der Waals surface area contributed by atoms with E-state index in [1.54, 1.807) is 12.1 Å². The van der Waals surface area contributed by atoms with Crippen molar-refractivity contribution in [1.29, 1.82) is 0 Å². The molecule has 0 saturated heterocycles. The zero-order valence-electron chi connectivity index (χ0n) is 18.3. The lowest BCUT2D eigenvalue weighted by Gasteiger charge is -2.43. The maximum Gasteiger partial charge on any atom is 0.222 e. The molecule has 2 heterocycles. The first-order valence-corrected chi connectivity index (χ1v) is 10.9. The molecule has 2 aliphatic heterocycles. The third kappa shape index (κ3) is 3.24. The van der Waals surface area contributed by atoms with Crippen LogP contribution in [0.5, 0.6) is 5.75 Å². The summed E-state index contributed by atoms with van der Waals surface area (Å²) in [5.74, 6) is 2.45. The highest BCUT2D eigenvalue weighted by molar-refractivity contribution is 5.79. The first-order valence-electron chi connectivity index (χ1n) is 10.9. The van der Waals surface area contributed by atoms with Gasteiger partial charge in [-0.1, -0.05) is 38.1 Å². The van der Waals surface area contributed by atoms with Crippen molar-refractivity contribution in [3.63, 3.8) is 0 Å². The van der Waals surface area contributed by atoms with Crippen molar-refractivity contribution in [2.24, 2.45) is 22.6 Å². The van der Waals surface area contributed by atoms with Gasteiger partial charge in [-0.15, -0.1) is 0 Å². The number of benzene rings is 2. The van der Waals surface area contributed by atoms with Crippen LogP contribution in [0.1, 0.15) is 45.1 Å². The molecule has 0 aromatic heterocycles. The Morgan fingerprint density at radius 1 is 1.23 bits per heavy atom. The van der Waals surface area contributed by atoms with Gasteiger partial charge in [0.2, 0.25) is 11.7 Å². The molecule has 6 heteroatoms. The number of nitrogens with zero attached hydrogens (tertiary/aromatic N) is 3. The number of hydroxylamine groups is 2. The van der Waals surface area contributed by atoms with E-state index in [4.69, 9.17) is 26.9 Å². The maximum absolute atomic E-state index is 7.32. The molecule has 0 bridgehead atoms. The number of ether oxygens (including phenoxy) is 1. The Labute approximate surface area is 183 Å². The lowest BCUT2D eigenvalue weighted by molar-refractivity contribution is -0.203. The normalized spacial score (nSPS) is 29.2. The summed E-state index contributed by atoms with van der Waals surface area (Å²) < 4.78 is 6.70. The fourth-order valence-corrected chi connectivity index (χ4v) is 5.34. The standard InChI is InChI=1S/C25H28N4O2/c1-16(2)19-10-11-24(14-19)15-25(28-23(26)29(4)31-25)21-13-18(8-9-22(21)30-24)17-6-5-7-20(12-17)27-3/h5-9,12-13,16,19H,10-11,14-15H2,1-2,4H3,(H2,26,28). The van der Waals surface area contributed by atoms with E-state index in [0.29, 0.717) is 29.9 Å². The van der Waals surface area contributed by atoms with Crippen molar-refractivity contribution in [1.82, 2.24) is 5.06 Å². The lowest BCUT2D eigenvalue weighted by Crippen LogP contribution is -2.47. The van der Waals surface area contributed by atoms with Crippen LogP contribution < -0.4 is 10.5 Å². The molecule has 160 valence electrons. The van der Waals surface area contributed by atoms with Crippen molar-refractivity contribution in [2.45, 2.75) is 50.9 Å². The van der Waals surface area contributed by atoms with Crippen LogP contribution in [0.4, 0.5) is 5.69 Å². The molecule has 2 N–H and O–H groups in total. The zero-order valence-corrected chi connectivity index (χ0v) is 18.3. The van der Waals surface area contributed by atoms with Gasteiger partial charge < -0.3 is 10.5 Å². The molecule has 0 radical (unpaired) electrons. The molecule has 5 rings (SSSR count). The minimum Gasteiger partial charge on any atom is -0.487 e. The van der Waals surface area contributed by atoms with Gasteiger partial charge in [-0.3, -0.25) is 0 Å². The SMILES string of the molecule is [C-]#[N+]c1cccc(-c2ccc3c(c2)C2(CC4(CCC(C(C)C)C4)O3)N=C(N)N(C)O2)c1. The van der Waals surface area contributed by atoms with Gasteiger partial charge >= 0.3 is 0 Å². The van der Waals surface area contributed by atoms with Crippen LogP contribution in [0.25, 0.3) is 16.0 Å². The van der Waals surface area contributed by atoms with Crippen molar-refractivity contribution >= 4 is 11.6 Å². The average Bonchev–Trinajstić information content (AvgIpc) is 3.28. The largest absolute Gasteiger partial charge is 0.487 e. The van der Waals surface area contributed by atoms with Gasteiger partial charge in [0, 0.05) is 13.5 Å². The molecule has 6 nitrogen and oxygen atoms in total. The molecule has 2 aromatic rings. The molecule has 0 amide bonds. The Hall–Kier alpha value is -3.04. The van der Waals surface area contributed by atoms with Gasteiger partial charge in [-0.05, 0) is 60.4 Å². The Bertz CT molecular complexity index is 1100. The molecular weight excluding hydrogens is 388 g/mol. The minimum absolute atomic E-state index is 0.289. The van der Waals surface area contributed by atoms with E-state index < -0.39 is 5.72 Å². The van der Waals surface area contributed by atoms with Gasteiger partial charge in [0.05, 0.1) is 12.1 Å². The van der Waals surface area contributed by atoms with E-state index in [0.717, 1.165) is 41.7 Å². The van der Waals surface area contributed by atoms with Crippen LogP contribution in [-0.4, -0.2) is 23.7 Å². The summed E-state index contributed by atoms with van der Waals surface area (Å²) in [7, 11) is 1.80. The molecular formula is C25H28N4O2. The molecule has 31 heavy (non-hydrogen) atoms. The number of hydrogen-bond acceptors (Lipinski definition) is 5. The van der Waals surface area contributed by atoms with E-state index in [-0.39, 0.29) is 5.60 Å². The highest BCUT2D eigenvalue weighted by atomic mass is 16.7. The second-order valence-corrected chi connectivity index (χ2v) is 9.42. The molecule has 3 atom stereocenters. The van der Waals surface area contributed by atoms with E-state index in [2.05, 4.69) is 30.8 Å². The Balaban J connectivity index is 1.60. The zero-order chi connectivity index (χ0) is 21.8. The number of aliphatic imine (C=N–C) groups is 1. The van der Waals surface area contributed by atoms with Crippen molar-refractivity contribution < 1.29 is 9.57 Å². The van der Waals surface area contributed by atoms with Gasteiger partial charge in [0.25, 0.3) is 0 Å². The van der Waals surface area contributed by atoms with Crippen LogP contribution in [0.15, 0.2) is 47.5 Å². The number of nitrogens with two attached hydrogens (primary N) is 1. The fourth-order valence-electron chi connectivity index (χ4n) is 5.34. The van der Waals surface area contributed by atoms with E-state index in [9.17, 15) is 0 Å². The van der Waals surface area contributed by atoms with Crippen LogP contribution in [0.2, 0.25) is 0 Å². The summed E-state index contributed by atoms with van der Waals surface area (Å²) in [5.41, 5.74) is 8.49. The summed E-state index contributed by atoms with van der Waals surface area (Å²) in [4.78, 5) is 14.7. The van der Waals surface area contributed by atoms with Gasteiger partial charge in [0.1, 0.15) is 11.4 Å². The van der Waals surface area contributed by atoms with Crippen LogP contribution in [-0.2, 0) is 10.6 Å². The monoisotopic (exact) mass is 416 g/mol. The predicted molar refractivity (Wildman–Crippen MR) is 120 cm³/mol. The summed E-state index contributed by atoms with van der Waals surface area (Å²) >= 11 is 0. The molecule has 1 saturated carbocycles. The quantitative estimate of drug-likeness (QED) is 0.681. The maximum atomic E-state index is 7.32. The Kier molecular flexibility index (Phi) is 4.49. The highest BCUT2D eigenvalue weighted by Crippen LogP contribution is 2.56. The van der Waals surface area contributed by atoms with Crippen LogP contribution in [0, 0.1) is 18.4 Å². The second-order valence-electron chi connectivity index (χ2n) is 9.42. The second kappa shape index (κ2) is 7.00. The number of hydrogen-bond donors (Lipinski definition) is 1. The first-order chi connectivity index (χ1) is 14.8. The highest BCUT2D eigenvalue weighted by Gasteiger charge is 2.56. The topological polar surface area (TPSA) is 64.4 Å². The molecule has 1 aliphatic carbocycles. The van der Waals surface area contributed by atoms with Crippen molar-refractivity contribution in [2.75, 3.05) is 7.05 Å². The molecule has 3 unspecified atom stereocenters. The Morgan fingerprint density at radius 3 is 2.71 bits per heavy atom. The average molecular weight is 417 g/mol. The summed E-state index contributed by atoms with van der Waals surface area (Å²) in [6.45, 7) is 11.9. The van der Waals surface area contributed by atoms with Gasteiger partial charge in [-0.25, -0.2) is 19.7 Å².